The van der Waals surface area contributed by atoms with Crippen LogP contribution in [0.25, 0.3) is 0 Å². The second-order valence-electron chi connectivity index (χ2n) is 9.54. The lowest BCUT2D eigenvalue weighted by Crippen LogP contribution is -2.62. The maximum Gasteiger partial charge on any atom is 0.308 e. The molecule has 184 valence electrons. The molecule has 2 aliphatic heterocycles. The average Bonchev–Trinajstić information content (AvgIpc) is 2.85. The summed E-state index contributed by atoms with van der Waals surface area (Å²) in [5, 5.41) is 6.71. The number of methoxy groups -OCH3 is 1. The first-order chi connectivity index (χ1) is 16.4. The third-order valence-electron chi connectivity index (χ3n) is 7.29. The van der Waals surface area contributed by atoms with Gasteiger partial charge in [0, 0.05) is 44.7 Å². The van der Waals surface area contributed by atoms with Crippen LogP contribution in [0, 0.1) is 11.8 Å². The predicted octanol–water partition coefficient (Wildman–Crippen LogP) is 1.83. The van der Waals surface area contributed by atoms with Crippen LogP contribution in [0.1, 0.15) is 44.1 Å². The molecule has 1 aromatic carbocycles. The number of carbonyl (C=O) groups excluding carboxylic acids is 3. The van der Waals surface area contributed by atoms with Crippen molar-refractivity contribution in [3.05, 3.63) is 35.9 Å². The van der Waals surface area contributed by atoms with Crippen molar-refractivity contribution in [1.29, 1.82) is 0 Å². The van der Waals surface area contributed by atoms with E-state index in [1.165, 1.54) is 17.6 Å². The zero-order valence-electron chi connectivity index (χ0n) is 19.7. The SMILES string of the molecule is COC(=O)C1CCC2C(=O)N(CCC(=O)NC3CCN(Cc4ccccc4)CC3)C(=S)NC2C1. The largest absolute Gasteiger partial charge is 0.469 e. The number of hydrogen-bond acceptors (Lipinski definition) is 6. The lowest BCUT2D eigenvalue weighted by atomic mass is 9.76. The van der Waals surface area contributed by atoms with E-state index < -0.39 is 0 Å². The molecule has 4 rings (SSSR count). The molecule has 3 unspecified atom stereocenters. The fraction of sp³-hybridized carbons (Fsp3) is 0.600. The third-order valence-corrected chi connectivity index (χ3v) is 7.62. The standard InChI is InChI=1S/C25H34N4O4S/c1-33-24(32)18-7-8-20-21(15-18)27-25(34)29(23(20)31)14-11-22(30)26-19-9-12-28(13-10-19)16-17-5-3-2-4-6-17/h2-6,18-21H,7-16H2,1H3,(H,26,30)(H,27,34). The number of rotatable bonds is 7. The van der Waals surface area contributed by atoms with Gasteiger partial charge in [0.05, 0.1) is 18.9 Å². The molecule has 3 aliphatic rings. The molecule has 0 radical (unpaired) electrons. The molecule has 2 heterocycles. The molecule has 0 aromatic heterocycles. The lowest BCUT2D eigenvalue weighted by Gasteiger charge is -2.43. The average molecular weight is 487 g/mol. The van der Waals surface area contributed by atoms with Crippen LogP contribution >= 0.6 is 12.2 Å². The normalized spacial score (nSPS) is 25.9. The van der Waals surface area contributed by atoms with Gasteiger partial charge in [0.1, 0.15) is 0 Å². The first-order valence-electron chi connectivity index (χ1n) is 12.2. The number of carbonyl (C=O) groups is 3. The maximum absolute atomic E-state index is 13.0. The third kappa shape index (κ3) is 5.93. The smallest absolute Gasteiger partial charge is 0.308 e. The monoisotopic (exact) mass is 486 g/mol. The summed E-state index contributed by atoms with van der Waals surface area (Å²) in [6.45, 7) is 3.11. The van der Waals surface area contributed by atoms with Crippen LogP contribution < -0.4 is 10.6 Å². The van der Waals surface area contributed by atoms with Crippen molar-refractivity contribution in [2.75, 3.05) is 26.7 Å². The van der Waals surface area contributed by atoms with Crippen LogP contribution in [0.2, 0.25) is 0 Å². The Labute approximate surface area is 206 Å². The summed E-state index contributed by atoms with van der Waals surface area (Å²) >= 11 is 5.43. The summed E-state index contributed by atoms with van der Waals surface area (Å²) in [4.78, 5) is 41.5. The number of nitrogens with one attached hydrogen (secondary N) is 2. The molecule has 1 aliphatic carbocycles. The lowest BCUT2D eigenvalue weighted by molar-refractivity contribution is -0.149. The number of esters is 1. The minimum atomic E-state index is -0.233. The predicted molar refractivity (Wildman–Crippen MR) is 132 cm³/mol. The number of nitrogens with zero attached hydrogens (tertiary/aromatic N) is 2. The number of likely N-dealkylation sites (tertiary alicyclic amines) is 1. The number of amides is 2. The zero-order chi connectivity index (χ0) is 24.1. The van der Waals surface area contributed by atoms with Crippen molar-refractivity contribution in [3.63, 3.8) is 0 Å². The van der Waals surface area contributed by atoms with E-state index in [-0.39, 0.29) is 54.7 Å². The van der Waals surface area contributed by atoms with Gasteiger partial charge in [-0.2, -0.15) is 0 Å². The van der Waals surface area contributed by atoms with Crippen molar-refractivity contribution < 1.29 is 19.1 Å². The molecule has 3 atom stereocenters. The van der Waals surface area contributed by atoms with Crippen molar-refractivity contribution >= 4 is 35.1 Å². The van der Waals surface area contributed by atoms with Crippen LogP contribution in [-0.4, -0.2) is 71.5 Å². The van der Waals surface area contributed by atoms with Gasteiger partial charge in [-0.15, -0.1) is 0 Å². The molecule has 1 aromatic rings. The molecule has 2 N–H and O–H groups in total. The Kier molecular flexibility index (Phi) is 8.15. The van der Waals surface area contributed by atoms with E-state index in [4.69, 9.17) is 17.0 Å². The van der Waals surface area contributed by atoms with Crippen molar-refractivity contribution in [1.82, 2.24) is 20.4 Å². The first kappa shape index (κ1) is 24.6. The Morgan fingerprint density at radius 3 is 2.59 bits per heavy atom. The van der Waals surface area contributed by atoms with E-state index in [9.17, 15) is 14.4 Å². The highest BCUT2D eigenvalue weighted by atomic mass is 32.1. The number of piperidine rings is 1. The van der Waals surface area contributed by atoms with Crippen LogP contribution in [-0.2, 0) is 25.7 Å². The molecule has 2 amide bonds. The van der Waals surface area contributed by atoms with Gasteiger partial charge in [-0.05, 0) is 49.9 Å². The van der Waals surface area contributed by atoms with E-state index in [0.717, 1.165) is 32.5 Å². The second kappa shape index (κ2) is 11.3. The zero-order valence-corrected chi connectivity index (χ0v) is 20.5. The van der Waals surface area contributed by atoms with Crippen LogP contribution in [0.15, 0.2) is 30.3 Å². The Morgan fingerprint density at radius 1 is 1.15 bits per heavy atom. The van der Waals surface area contributed by atoms with Gasteiger partial charge in [0.15, 0.2) is 5.11 Å². The molecule has 9 heteroatoms. The molecule has 34 heavy (non-hydrogen) atoms. The van der Waals surface area contributed by atoms with Gasteiger partial charge in [-0.3, -0.25) is 24.2 Å². The highest BCUT2D eigenvalue weighted by Crippen LogP contribution is 2.33. The van der Waals surface area contributed by atoms with E-state index in [1.54, 1.807) is 0 Å². The fourth-order valence-corrected chi connectivity index (χ4v) is 5.68. The molecule has 2 saturated heterocycles. The molecular weight excluding hydrogens is 452 g/mol. The maximum atomic E-state index is 13.0. The van der Waals surface area contributed by atoms with Gasteiger partial charge >= 0.3 is 5.97 Å². The minimum absolute atomic E-state index is 0.0425. The minimum Gasteiger partial charge on any atom is -0.469 e. The van der Waals surface area contributed by atoms with Gasteiger partial charge in [-0.1, -0.05) is 30.3 Å². The van der Waals surface area contributed by atoms with E-state index in [1.807, 2.05) is 6.07 Å². The quantitative estimate of drug-likeness (QED) is 0.449. The number of thiocarbonyl (C=S) groups is 1. The van der Waals surface area contributed by atoms with Gasteiger partial charge in [-0.25, -0.2) is 0 Å². The fourth-order valence-electron chi connectivity index (χ4n) is 5.35. The van der Waals surface area contributed by atoms with Crippen LogP contribution in [0.4, 0.5) is 0 Å². The topological polar surface area (TPSA) is 91.0 Å². The van der Waals surface area contributed by atoms with Crippen LogP contribution in [0.5, 0.6) is 0 Å². The number of ether oxygens (including phenoxy) is 1. The summed E-state index contributed by atoms with van der Waals surface area (Å²) in [5.41, 5.74) is 1.31. The number of hydrogen-bond donors (Lipinski definition) is 2. The summed E-state index contributed by atoms with van der Waals surface area (Å²) in [7, 11) is 1.39. The Balaban J connectivity index is 1.20. The molecule has 1 saturated carbocycles. The van der Waals surface area contributed by atoms with Gasteiger partial charge in [0.25, 0.3) is 0 Å². The second-order valence-corrected chi connectivity index (χ2v) is 9.93. The number of fused-ring (bicyclic) bond motifs is 1. The Hall–Kier alpha value is -2.52. The first-order valence-corrected chi connectivity index (χ1v) is 12.6. The Morgan fingerprint density at radius 2 is 1.88 bits per heavy atom. The molecule has 8 nitrogen and oxygen atoms in total. The van der Waals surface area contributed by atoms with Crippen LogP contribution in [0.3, 0.4) is 0 Å². The molecule has 0 bridgehead atoms. The van der Waals surface area contributed by atoms with Gasteiger partial charge in [0.2, 0.25) is 11.8 Å². The molecular formula is C25H34N4O4S. The molecule has 3 fully saturated rings. The van der Waals surface area contributed by atoms with E-state index >= 15 is 0 Å². The number of benzene rings is 1. The summed E-state index contributed by atoms with van der Waals surface area (Å²) in [5.74, 6) is -0.744. The van der Waals surface area contributed by atoms with Gasteiger partial charge < -0.3 is 15.4 Å². The summed E-state index contributed by atoms with van der Waals surface area (Å²) in [6, 6.07) is 10.4. The van der Waals surface area contributed by atoms with Crippen molar-refractivity contribution in [3.8, 4) is 0 Å². The highest BCUT2D eigenvalue weighted by molar-refractivity contribution is 7.80. The Bertz CT molecular complexity index is 903. The van der Waals surface area contributed by atoms with Crippen molar-refractivity contribution in [2.24, 2.45) is 11.8 Å². The summed E-state index contributed by atoms with van der Waals surface area (Å²) < 4.78 is 4.86. The van der Waals surface area contributed by atoms with Crippen molar-refractivity contribution in [2.45, 2.75) is 57.2 Å². The highest BCUT2D eigenvalue weighted by Gasteiger charge is 2.44. The van der Waals surface area contributed by atoms with E-state index in [2.05, 4.69) is 39.8 Å². The molecule has 0 spiro atoms. The summed E-state index contributed by atoms with van der Waals surface area (Å²) in [6.07, 6.45) is 3.85. The van der Waals surface area contributed by atoms with E-state index in [0.29, 0.717) is 24.4 Å².